The Labute approximate surface area is 327 Å². The lowest BCUT2D eigenvalue weighted by atomic mass is 9.97. The molecule has 1 unspecified atom stereocenters. The molecule has 6 aromatic heterocycles. The number of benzene rings is 3. The number of hydrogen-bond acceptors (Lipinski definition) is 10. The van der Waals surface area contributed by atoms with E-state index in [1.165, 1.54) is 0 Å². The minimum absolute atomic E-state index is 0.254. The molecule has 2 aliphatic heterocycles. The largest absolute Gasteiger partial charge is 0.378 e. The summed E-state index contributed by atoms with van der Waals surface area (Å²) in [5.41, 5.74) is 11.8. The van der Waals surface area contributed by atoms with E-state index in [4.69, 9.17) is 29.4 Å². The van der Waals surface area contributed by atoms with Crippen LogP contribution in [0, 0.1) is 0 Å². The van der Waals surface area contributed by atoms with Gasteiger partial charge in [0.1, 0.15) is 23.8 Å². The summed E-state index contributed by atoms with van der Waals surface area (Å²) in [6, 6.07) is 29.7. The molecule has 0 aliphatic carbocycles. The highest BCUT2D eigenvalue weighted by molar-refractivity contribution is 5.96. The van der Waals surface area contributed by atoms with Crippen molar-refractivity contribution in [3.05, 3.63) is 128 Å². The number of nitrogens with one attached hydrogen (secondary N) is 1. The van der Waals surface area contributed by atoms with Gasteiger partial charge >= 0.3 is 0 Å². The van der Waals surface area contributed by atoms with E-state index in [1.54, 1.807) is 0 Å². The number of aromatic amines is 1. The third kappa shape index (κ3) is 6.24. The van der Waals surface area contributed by atoms with Crippen LogP contribution in [0.4, 0.5) is 11.6 Å². The molecule has 8 heterocycles. The quantitative estimate of drug-likeness (QED) is 0.175. The molecule has 0 bridgehead atoms. The van der Waals surface area contributed by atoms with Gasteiger partial charge in [0.15, 0.2) is 6.20 Å². The first-order chi connectivity index (χ1) is 28.2. The Morgan fingerprint density at radius 2 is 1.32 bits per heavy atom. The van der Waals surface area contributed by atoms with Gasteiger partial charge in [-0.3, -0.25) is 15.0 Å². The third-order valence-electron chi connectivity index (χ3n) is 11.1. The molecule has 1 N–H and O–H groups in total. The van der Waals surface area contributed by atoms with Crippen LogP contribution in [0.15, 0.2) is 128 Å². The van der Waals surface area contributed by atoms with Gasteiger partial charge in [-0.2, -0.15) is 4.57 Å². The van der Waals surface area contributed by atoms with Crippen molar-refractivity contribution in [2.45, 2.75) is 6.23 Å². The van der Waals surface area contributed by atoms with E-state index in [0.717, 1.165) is 102 Å². The molecule has 12 nitrogen and oxygen atoms in total. The number of anilines is 2. The Morgan fingerprint density at radius 1 is 0.614 bits per heavy atom. The molecule has 3 aromatic carbocycles. The van der Waals surface area contributed by atoms with Crippen LogP contribution in [-0.4, -0.2) is 80.9 Å². The van der Waals surface area contributed by atoms with E-state index in [1.807, 2.05) is 49.3 Å². The van der Waals surface area contributed by atoms with E-state index >= 15 is 0 Å². The Hall–Kier alpha value is -6.89. The summed E-state index contributed by atoms with van der Waals surface area (Å²) in [5.74, 6) is 1.70. The van der Waals surface area contributed by atoms with Gasteiger partial charge in [-0.1, -0.05) is 12.1 Å². The Balaban J connectivity index is 0.935. The van der Waals surface area contributed by atoms with Crippen LogP contribution in [0.1, 0.15) is 6.23 Å². The van der Waals surface area contributed by atoms with Crippen molar-refractivity contribution in [3.63, 3.8) is 0 Å². The van der Waals surface area contributed by atoms with E-state index in [9.17, 15) is 0 Å². The number of morpholine rings is 2. The highest BCUT2D eigenvalue weighted by atomic mass is 16.5. The van der Waals surface area contributed by atoms with Crippen LogP contribution in [0.25, 0.3) is 77.4 Å². The lowest BCUT2D eigenvalue weighted by Gasteiger charge is -2.31. The van der Waals surface area contributed by atoms with Gasteiger partial charge in [0.05, 0.1) is 59.7 Å². The molecule has 0 saturated carbocycles. The zero-order chi connectivity index (χ0) is 37.7. The molecular weight excluding hydrogens is 713 g/mol. The number of fused-ring (bicyclic) bond motifs is 4. The van der Waals surface area contributed by atoms with Crippen molar-refractivity contribution in [1.29, 1.82) is 0 Å². The molecule has 1 atom stereocenters. The average Bonchev–Trinajstić information content (AvgIpc) is 3.77. The zero-order valence-corrected chi connectivity index (χ0v) is 31.0. The molecule has 2 aliphatic rings. The highest BCUT2D eigenvalue weighted by Gasteiger charge is 2.31. The van der Waals surface area contributed by atoms with Crippen LogP contribution in [0.2, 0.25) is 0 Å². The summed E-state index contributed by atoms with van der Waals surface area (Å²) < 4.78 is 14.3. The Morgan fingerprint density at radius 3 is 2.11 bits per heavy atom. The topological polar surface area (TPSA) is 122 Å². The molecule has 278 valence electrons. The Bertz CT molecular complexity index is 2950. The predicted molar refractivity (Wildman–Crippen MR) is 221 cm³/mol. The van der Waals surface area contributed by atoms with E-state index in [2.05, 4.69) is 108 Å². The molecule has 0 amide bonds. The van der Waals surface area contributed by atoms with Crippen molar-refractivity contribution in [1.82, 2.24) is 34.9 Å². The molecule has 12 heteroatoms. The smallest absolute Gasteiger partial charge is 0.280 e. The molecular formula is C45H37N10O2+. The van der Waals surface area contributed by atoms with Crippen molar-refractivity contribution in [2.24, 2.45) is 0 Å². The monoisotopic (exact) mass is 749 g/mol. The second kappa shape index (κ2) is 14.0. The van der Waals surface area contributed by atoms with Crippen molar-refractivity contribution < 1.29 is 14.0 Å². The first-order valence-corrected chi connectivity index (χ1v) is 19.3. The molecule has 0 spiro atoms. The molecule has 9 aromatic rings. The summed E-state index contributed by atoms with van der Waals surface area (Å²) in [7, 11) is 0. The van der Waals surface area contributed by atoms with Crippen molar-refractivity contribution in [3.8, 4) is 33.4 Å². The number of pyridine rings is 3. The normalized spacial score (nSPS) is 16.2. The van der Waals surface area contributed by atoms with Gasteiger partial charge in [0.2, 0.25) is 5.52 Å². The summed E-state index contributed by atoms with van der Waals surface area (Å²) in [4.78, 5) is 36.3. The lowest BCUT2D eigenvalue weighted by Crippen LogP contribution is -2.52. The van der Waals surface area contributed by atoms with Crippen molar-refractivity contribution in [2.75, 3.05) is 55.8 Å². The van der Waals surface area contributed by atoms with Crippen molar-refractivity contribution >= 4 is 55.6 Å². The summed E-state index contributed by atoms with van der Waals surface area (Å²) in [6.07, 6.45) is 13.1. The maximum Gasteiger partial charge on any atom is 0.280 e. The molecule has 2 fully saturated rings. The van der Waals surface area contributed by atoms with Gasteiger partial charge in [0.25, 0.3) is 6.23 Å². The maximum atomic E-state index is 6.51. The standard InChI is InChI=1S/C45H37N10O2/c1-4-37-39(51-42(26-48-37)53-15-18-56-19-16-53)23-31(1)30-3-6-41-36(22-30)35(29-7-11-46-12-8-29)10-14-55(41)44-28-54(17-20-57-44)43-27-49-38-5-2-32(24-40(38)52-43)34-21-33-9-13-47-45(33)50-25-34/h1-14,21-27,44H,15-20,28H2,(H,47,50)/q+1. The zero-order valence-electron chi connectivity index (χ0n) is 31.0. The highest BCUT2D eigenvalue weighted by Crippen LogP contribution is 2.33. The minimum atomic E-state index is -0.254. The van der Waals surface area contributed by atoms with Gasteiger partial charge in [0, 0.05) is 73.1 Å². The summed E-state index contributed by atoms with van der Waals surface area (Å²) in [6.45, 7) is 4.89. The second-order valence-electron chi connectivity index (χ2n) is 14.5. The maximum absolute atomic E-state index is 6.51. The number of rotatable bonds is 6. The predicted octanol–water partition coefficient (Wildman–Crippen LogP) is 7.16. The van der Waals surface area contributed by atoms with Gasteiger partial charge in [-0.05, 0) is 82.9 Å². The summed E-state index contributed by atoms with van der Waals surface area (Å²) in [5, 5.41) is 2.18. The molecule has 57 heavy (non-hydrogen) atoms. The molecule has 0 radical (unpaired) electrons. The number of H-pyrrole nitrogens is 1. The second-order valence-corrected chi connectivity index (χ2v) is 14.5. The number of hydrogen-bond donors (Lipinski definition) is 1. The fourth-order valence-corrected chi connectivity index (χ4v) is 8.08. The van der Waals surface area contributed by atoms with E-state index < -0.39 is 0 Å². The Kier molecular flexibility index (Phi) is 8.21. The van der Waals surface area contributed by atoms with Crippen LogP contribution in [0.5, 0.6) is 0 Å². The van der Waals surface area contributed by atoms with Gasteiger partial charge in [-0.15, -0.1) is 0 Å². The lowest BCUT2D eigenvalue weighted by molar-refractivity contribution is -0.738. The van der Waals surface area contributed by atoms with Crippen LogP contribution < -0.4 is 14.4 Å². The third-order valence-corrected chi connectivity index (χ3v) is 11.1. The SMILES string of the molecule is c1cc(-c2cc[n+](C3CN(c4cnc5ccc(-c6cnc7[nH]ccc7c6)cc5n4)CCO3)c3ccc(-c4ccc5ncc(N6CCOCC6)nc5c4)cc23)ccn1. The van der Waals surface area contributed by atoms with Gasteiger partial charge < -0.3 is 24.3 Å². The van der Waals surface area contributed by atoms with Gasteiger partial charge in [-0.25, -0.2) is 15.0 Å². The molecule has 2 saturated heterocycles. The van der Waals surface area contributed by atoms with E-state index in [-0.39, 0.29) is 6.23 Å². The number of nitrogens with zero attached hydrogens (tertiary/aromatic N) is 9. The average molecular weight is 750 g/mol. The fraction of sp³-hybridized carbons (Fsp3) is 0.178. The van der Waals surface area contributed by atoms with Crippen LogP contribution >= 0.6 is 0 Å². The minimum Gasteiger partial charge on any atom is -0.378 e. The van der Waals surface area contributed by atoms with Crippen LogP contribution in [-0.2, 0) is 9.47 Å². The first kappa shape index (κ1) is 33.4. The first-order valence-electron chi connectivity index (χ1n) is 19.3. The molecule has 11 rings (SSSR count). The summed E-state index contributed by atoms with van der Waals surface area (Å²) >= 11 is 0. The number of ether oxygens (including phenoxy) is 2. The fourth-order valence-electron chi connectivity index (χ4n) is 8.08. The van der Waals surface area contributed by atoms with E-state index in [0.29, 0.717) is 32.9 Å². The number of aromatic nitrogens is 8. The van der Waals surface area contributed by atoms with Crippen LogP contribution in [0.3, 0.4) is 0 Å².